The van der Waals surface area contributed by atoms with E-state index in [2.05, 4.69) is 10.3 Å². The second-order valence-electron chi connectivity index (χ2n) is 5.80. The Bertz CT molecular complexity index is 550. The zero-order valence-corrected chi connectivity index (χ0v) is 13.1. The molecule has 1 aromatic heterocycles. The van der Waals surface area contributed by atoms with Gasteiger partial charge in [-0.1, -0.05) is 19.3 Å². The zero-order valence-electron chi connectivity index (χ0n) is 12.3. The lowest BCUT2D eigenvalue weighted by Crippen LogP contribution is -2.57. The Labute approximate surface area is 132 Å². The molecule has 0 aromatic carbocycles. The molecule has 3 amide bonds. The molecule has 2 aliphatic rings. The van der Waals surface area contributed by atoms with E-state index in [1.807, 2.05) is 6.20 Å². The Kier molecular flexibility index (Phi) is 4.47. The minimum absolute atomic E-state index is 0.214. The van der Waals surface area contributed by atoms with E-state index in [0.29, 0.717) is 24.1 Å². The van der Waals surface area contributed by atoms with Crippen LogP contribution in [0.3, 0.4) is 0 Å². The number of nitrogens with two attached hydrogens (primary N) is 1. The Morgan fingerprint density at radius 3 is 2.73 bits per heavy atom. The maximum absolute atomic E-state index is 12.0. The number of rotatable bonds is 3. The van der Waals surface area contributed by atoms with Gasteiger partial charge in [0.05, 0.1) is 13.1 Å². The molecule has 2 fully saturated rings. The number of hydrogen-bond donors (Lipinski definition) is 2. The van der Waals surface area contributed by atoms with E-state index in [-0.39, 0.29) is 12.1 Å². The van der Waals surface area contributed by atoms with Crippen molar-refractivity contribution in [1.29, 1.82) is 0 Å². The number of ether oxygens (including phenoxy) is 1. The highest BCUT2D eigenvalue weighted by Crippen LogP contribution is 2.36. The summed E-state index contributed by atoms with van der Waals surface area (Å²) >= 11 is 1.56. The van der Waals surface area contributed by atoms with Gasteiger partial charge in [-0.05, 0) is 18.8 Å². The highest BCUT2D eigenvalue weighted by atomic mass is 32.1. The number of carbonyl (C=O) groups excluding carboxylic acids is 2. The van der Waals surface area contributed by atoms with E-state index in [4.69, 9.17) is 10.5 Å². The van der Waals surface area contributed by atoms with Crippen LogP contribution in [0, 0.1) is 0 Å². The van der Waals surface area contributed by atoms with E-state index < -0.39 is 6.09 Å². The van der Waals surface area contributed by atoms with Crippen molar-refractivity contribution in [2.45, 2.75) is 44.1 Å². The molecule has 0 radical (unpaired) electrons. The van der Waals surface area contributed by atoms with Gasteiger partial charge in [-0.25, -0.2) is 14.6 Å². The number of primary amides is 1. The number of urea groups is 1. The Morgan fingerprint density at radius 1 is 1.32 bits per heavy atom. The summed E-state index contributed by atoms with van der Waals surface area (Å²) in [6.45, 7) is 0.741. The molecule has 7 nitrogen and oxygen atoms in total. The highest BCUT2D eigenvalue weighted by Gasteiger charge is 2.33. The van der Waals surface area contributed by atoms with Crippen LogP contribution in [0.4, 0.5) is 14.7 Å². The number of nitrogens with one attached hydrogen (secondary N) is 1. The monoisotopic (exact) mass is 324 g/mol. The van der Waals surface area contributed by atoms with Gasteiger partial charge in [-0.2, -0.15) is 0 Å². The molecule has 2 heterocycles. The molecule has 22 heavy (non-hydrogen) atoms. The molecule has 3 N–H and O–H groups in total. The van der Waals surface area contributed by atoms with E-state index in [1.165, 1.54) is 37.0 Å². The van der Waals surface area contributed by atoms with E-state index in [1.54, 1.807) is 16.2 Å². The van der Waals surface area contributed by atoms with Crippen LogP contribution in [-0.2, 0) is 4.74 Å². The van der Waals surface area contributed by atoms with Gasteiger partial charge in [0.25, 0.3) is 0 Å². The predicted molar refractivity (Wildman–Crippen MR) is 83.0 cm³/mol. The minimum atomic E-state index is -0.804. The average Bonchev–Trinajstić information content (AvgIpc) is 2.91. The van der Waals surface area contributed by atoms with Crippen LogP contribution in [0.15, 0.2) is 6.20 Å². The number of thiazole rings is 1. The summed E-state index contributed by atoms with van der Waals surface area (Å²) < 4.78 is 4.80. The normalized spacial score (nSPS) is 19.5. The summed E-state index contributed by atoms with van der Waals surface area (Å²) in [7, 11) is 0. The molecule has 0 bridgehead atoms. The van der Waals surface area contributed by atoms with Gasteiger partial charge >= 0.3 is 12.1 Å². The number of hydrogen-bond acceptors (Lipinski definition) is 5. The summed E-state index contributed by atoms with van der Waals surface area (Å²) in [5, 5.41) is 3.43. The van der Waals surface area contributed by atoms with Crippen molar-refractivity contribution in [2.24, 2.45) is 5.73 Å². The quantitative estimate of drug-likeness (QED) is 0.892. The van der Waals surface area contributed by atoms with Gasteiger partial charge in [0.15, 0.2) is 5.13 Å². The maximum atomic E-state index is 12.0. The van der Waals surface area contributed by atoms with Crippen LogP contribution >= 0.6 is 11.3 Å². The second-order valence-corrected chi connectivity index (χ2v) is 6.86. The highest BCUT2D eigenvalue weighted by molar-refractivity contribution is 7.15. The molecule has 1 aliphatic carbocycles. The predicted octanol–water partition coefficient (Wildman–Crippen LogP) is 2.50. The van der Waals surface area contributed by atoms with Crippen LogP contribution in [0.1, 0.15) is 42.9 Å². The van der Waals surface area contributed by atoms with Crippen molar-refractivity contribution in [3.63, 3.8) is 0 Å². The van der Waals surface area contributed by atoms with Gasteiger partial charge < -0.3 is 15.4 Å². The minimum Gasteiger partial charge on any atom is -0.443 e. The Hall–Kier alpha value is -1.83. The van der Waals surface area contributed by atoms with Gasteiger partial charge in [-0.15, -0.1) is 11.3 Å². The lowest BCUT2D eigenvalue weighted by atomic mass is 9.89. The van der Waals surface area contributed by atoms with Crippen LogP contribution < -0.4 is 11.1 Å². The molecule has 1 aromatic rings. The number of aromatic nitrogens is 1. The lowest BCUT2D eigenvalue weighted by molar-refractivity contribution is 0.0145. The van der Waals surface area contributed by atoms with Gasteiger partial charge in [0.2, 0.25) is 0 Å². The molecule has 8 heteroatoms. The van der Waals surface area contributed by atoms with Crippen molar-refractivity contribution in [3.05, 3.63) is 11.1 Å². The van der Waals surface area contributed by atoms with Crippen molar-refractivity contribution in [3.8, 4) is 0 Å². The molecular weight excluding hydrogens is 304 g/mol. The number of nitrogens with zero attached hydrogens (tertiary/aromatic N) is 2. The number of amides is 3. The third kappa shape index (κ3) is 3.49. The summed E-state index contributed by atoms with van der Waals surface area (Å²) in [4.78, 5) is 29.7. The summed E-state index contributed by atoms with van der Waals surface area (Å²) in [5.41, 5.74) is 4.93. The van der Waals surface area contributed by atoms with Crippen LogP contribution in [0.25, 0.3) is 0 Å². The molecule has 3 rings (SSSR count). The fourth-order valence-corrected chi connectivity index (χ4v) is 3.91. The van der Waals surface area contributed by atoms with Crippen molar-refractivity contribution in [2.75, 3.05) is 18.4 Å². The zero-order chi connectivity index (χ0) is 15.5. The SMILES string of the molecule is NC(=O)OC1CN(C(=O)Nc2ncc(C3CCCCC3)s2)C1. The maximum Gasteiger partial charge on any atom is 0.404 e. The number of anilines is 1. The van der Waals surface area contributed by atoms with Crippen molar-refractivity contribution >= 4 is 28.6 Å². The molecular formula is C14H20N4O3S. The topological polar surface area (TPSA) is 97.6 Å². The first-order valence-corrected chi connectivity index (χ1v) is 8.41. The fourth-order valence-electron chi connectivity index (χ4n) is 2.93. The molecule has 1 aliphatic heterocycles. The number of likely N-dealkylation sites (tertiary alicyclic amines) is 1. The smallest absolute Gasteiger partial charge is 0.404 e. The largest absolute Gasteiger partial charge is 0.443 e. The van der Waals surface area contributed by atoms with E-state index >= 15 is 0 Å². The summed E-state index contributed by atoms with van der Waals surface area (Å²) in [6, 6.07) is -0.214. The van der Waals surface area contributed by atoms with E-state index in [0.717, 1.165) is 0 Å². The Balaban J connectivity index is 1.48. The van der Waals surface area contributed by atoms with Gasteiger partial charge in [0, 0.05) is 11.1 Å². The number of carbonyl (C=O) groups is 2. The lowest BCUT2D eigenvalue weighted by Gasteiger charge is -2.37. The standard InChI is InChI=1S/C14H20N4O3S/c15-12(19)21-10-7-18(8-10)14(20)17-13-16-6-11(22-13)9-4-2-1-3-5-9/h6,9-10H,1-5,7-8H2,(H2,15,19)(H,16,17,20). The average molecular weight is 324 g/mol. The van der Waals surface area contributed by atoms with Gasteiger partial charge in [0.1, 0.15) is 6.10 Å². The summed E-state index contributed by atoms with van der Waals surface area (Å²) in [5.74, 6) is 0.592. The first kappa shape index (κ1) is 15.1. The van der Waals surface area contributed by atoms with Crippen molar-refractivity contribution in [1.82, 2.24) is 9.88 Å². The molecule has 120 valence electrons. The van der Waals surface area contributed by atoms with Crippen LogP contribution in [-0.4, -0.2) is 41.2 Å². The first-order valence-electron chi connectivity index (χ1n) is 7.59. The Morgan fingerprint density at radius 2 is 2.05 bits per heavy atom. The third-order valence-electron chi connectivity index (χ3n) is 4.16. The van der Waals surface area contributed by atoms with E-state index in [9.17, 15) is 9.59 Å². The third-order valence-corrected chi connectivity index (χ3v) is 5.24. The molecule has 0 atom stereocenters. The van der Waals surface area contributed by atoms with Gasteiger partial charge in [-0.3, -0.25) is 5.32 Å². The van der Waals surface area contributed by atoms with Crippen LogP contribution in [0.2, 0.25) is 0 Å². The van der Waals surface area contributed by atoms with Crippen LogP contribution in [0.5, 0.6) is 0 Å². The molecule has 0 spiro atoms. The second kappa shape index (κ2) is 6.51. The molecule has 1 saturated heterocycles. The van der Waals surface area contributed by atoms with Crippen molar-refractivity contribution < 1.29 is 14.3 Å². The summed E-state index contributed by atoms with van der Waals surface area (Å²) in [6.07, 6.45) is 7.09. The fraction of sp³-hybridized carbons (Fsp3) is 0.643. The molecule has 0 unspecified atom stereocenters. The molecule has 1 saturated carbocycles. The first-order chi connectivity index (χ1) is 10.6.